The summed E-state index contributed by atoms with van der Waals surface area (Å²) in [5.74, 6) is 0. The van der Waals surface area contributed by atoms with Gasteiger partial charge in [-0.1, -0.05) is 76.9 Å². The van der Waals surface area contributed by atoms with Crippen LogP contribution in [-0.2, 0) is 0 Å². The lowest BCUT2D eigenvalue weighted by Crippen LogP contribution is -1.84. The Morgan fingerprint density at radius 3 is 2.35 bits per heavy atom. The topological polar surface area (TPSA) is 12.9 Å². The molecular formula is C15H8Cl3NS. The number of nitrogens with zero attached hydrogens (tertiary/aromatic N) is 1. The van der Waals surface area contributed by atoms with E-state index in [0.29, 0.717) is 15.1 Å². The molecule has 0 unspecified atom stereocenters. The monoisotopic (exact) mass is 339 g/mol. The summed E-state index contributed by atoms with van der Waals surface area (Å²) in [6.45, 7) is 0. The summed E-state index contributed by atoms with van der Waals surface area (Å²) in [5.41, 5.74) is 0. The molecule has 0 spiro atoms. The Morgan fingerprint density at radius 2 is 1.55 bits per heavy atom. The normalized spacial score (nSPS) is 10.9. The van der Waals surface area contributed by atoms with Crippen LogP contribution in [0.2, 0.25) is 15.2 Å². The number of hydrogen-bond donors (Lipinski definition) is 0. The number of hydrogen-bond acceptors (Lipinski definition) is 2. The first-order chi connectivity index (χ1) is 9.63. The molecule has 0 radical (unpaired) electrons. The standard InChI is InChI=1S/C15H8Cl3NS/c16-12-8-13(17)15(19-14(12)18)20-11-6-5-9-3-1-2-4-10(9)7-11/h1-8H. The van der Waals surface area contributed by atoms with Crippen LogP contribution in [0, 0.1) is 0 Å². The van der Waals surface area contributed by atoms with Crippen molar-refractivity contribution in [2.24, 2.45) is 0 Å². The SMILES string of the molecule is Clc1cc(Cl)c(Sc2ccc3ccccc3c2)nc1Cl. The highest BCUT2D eigenvalue weighted by atomic mass is 35.5. The molecule has 5 heteroatoms. The third-order valence-electron chi connectivity index (χ3n) is 2.79. The van der Waals surface area contributed by atoms with Crippen LogP contribution >= 0.6 is 46.6 Å². The lowest BCUT2D eigenvalue weighted by molar-refractivity contribution is 1.13. The third-order valence-corrected chi connectivity index (χ3v) is 4.86. The van der Waals surface area contributed by atoms with Crippen molar-refractivity contribution in [3.05, 3.63) is 63.7 Å². The highest BCUT2D eigenvalue weighted by molar-refractivity contribution is 7.99. The predicted molar refractivity (Wildman–Crippen MR) is 87.3 cm³/mol. The van der Waals surface area contributed by atoms with Gasteiger partial charge in [-0.15, -0.1) is 0 Å². The van der Waals surface area contributed by atoms with Gasteiger partial charge in [-0.05, 0) is 29.0 Å². The van der Waals surface area contributed by atoms with Gasteiger partial charge in [0.15, 0.2) is 0 Å². The lowest BCUT2D eigenvalue weighted by atomic mass is 10.1. The van der Waals surface area contributed by atoms with Crippen LogP contribution in [0.1, 0.15) is 0 Å². The van der Waals surface area contributed by atoms with E-state index in [1.54, 1.807) is 6.07 Å². The molecule has 0 atom stereocenters. The highest BCUT2D eigenvalue weighted by Crippen LogP contribution is 2.36. The molecule has 0 saturated carbocycles. The number of rotatable bonds is 2. The van der Waals surface area contributed by atoms with Crippen LogP contribution < -0.4 is 0 Å². The van der Waals surface area contributed by atoms with E-state index in [0.717, 1.165) is 4.90 Å². The second kappa shape index (κ2) is 5.82. The summed E-state index contributed by atoms with van der Waals surface area (Å²) in [7, 11) is 0. The average Bonchev–Trinajstić information content (AvgIpc) is 2.44. The van der Waals surface area contributed by atoms with Crippen molar-refractivity contribution in [3.8, 4) is 0 Å². The highest BCUT2D eigenvalue weighted by Gasteiger charge is 2.09. The Balaban J connectivity index is 1.99. The van der Waals surface area contributed by atoms with E-state index in [2.05, 4.69) is 29.2 Å². The maximum absolute atomic E-state index is 6.14. The third kappa shape index (κ3) is 2.89. The van der Waals surface area contributed by atoms with Crippen molar-refractivity contribution in [2.45, 2.75) is 9.92 Å². The predicted octanol–water partition coefficient (Wildman–Crippen LogP) is 6.35. The van der Waals surface area contributed by atoms with Crippen molar-refractivity contribution in [2.75, 3.05) is 0 Å². The summed E-state index contributed by atoms with van der Waals surface area (Å²) in [4.78, 5) is 5.26. The average molecular weight is 341 g/mol. The van der Waals surface area contributed by atoms with Crippen molar-refractivity contribution >= 4 is 57.3 Å². The molecule has 100 valence electrons. The Hall–Kier alpha value is -0.930. The Labute approximate surface area is 135 Å². The summed E-state index contributed by atoms with van der Waals surface area (Å²) < 4.78 is 0. The Kier molecular flexibility index (Phi) is 4.08. The maximum atomic E-state index is 6.14. The largest absolute Gasteiger partial charge is 0.226 e. The molecule has 3 rings (SSSR count). The van der Waals surface area contributed by atoms with Crippen LogP contribution in [0.5, 0.6) is 0 Å². The quantitative estimate of drug-likeness (QED) is 0.504. The molecule has 0 fully saturated rings. The molecule has 0 aliphatic rings. The van der Waals surface area contributed by atoms with Gasteiger partial charge in [0, 0.05) is 4.90 Å². The van der Waals surface area contributed by atoms with Gasteiger partial charge in [-0.25, -0.2) is 4.98 Å². The number of halogens is 3. The molecule has 0 N–H and O–H groups in total. The molecule has 0 aliphatic heterocycles. The van der Waals surface area contributed by atoms with Gasteiger partial charge in [0.2, 0.25) is 0 Å². The smallest absolute Gasteiger partial charge is 0.149 e. The molecule has 0 bridgehead atoms. The zero-order valence-electron chi connectivity index (χ0n) is 10.1. The van der Waals surface area contributed by atoms with Crippen LogP contribution in [0.25, 0.3) is 10.8 Å². The first kappa shape index (κ1) is 14.0. The zero-order valence-corrected chi connectivity index (χ0v) is 13.2. The Morgan fingerprint density at radius 1 is 0.800 bits per heavy atom. The van der Waals surface area contributed by atoms with Crippen LogP contribution in [0.3, 0.4) is 0 Å². The fraction of sp³-hybridized carbons (Fsp3) is 0. The fourth-order valence-corrected chi connectivity index (χ4v) is 3.34. The van der Waals surface area contributed by atoms with E-state index >= 15 is 0 Å². The molecule has 1 aromatic heterocycles. The van der Waals surface area contributed by atoms with Crippen LogP contribution in [-0.4, -0.2) is 4.98 Å². The number of pyridine rings is 1. The summed E-state index contributed by atoms with van der Waals surface area (Å²) in [5, 5.41) is 4.14. The van der Waals surface area contributed by atoms with E-state index in [1.807, 2.05) is 18.2 Å². The van der Waals surface area contributed by atoms with Gasteiger partial charge < -0.3 is 0 Å². The number of aromatic nitrogens is 1. The summed E-state index contributed by atoms with van der Waals surface area (Å²) in [6, 6.07) is 16.0. The second-order valence-corrected chi connectivity index (χ2v) is 6.39. The molecule has 1 heterocycles. The van der Waals surface area contributed by atoms with E-state index in [9.17, 15) is 0 Å². The molecular weight excluding hydrogens is 333 g/mol. The van der Waals surface area contributed by atoms with Gasteiger partial charge in [0.25, 0.3) is 0 Å². The van der Waals surface area contributed by atoms with Gasteiger partial charge in [0.1, 0.15) is 10.2 Å². The molecule has 0 aliphatic carbocycles. The van der Waals surface area contributed by atoms with Crippen molar-refractivity contribution in [1.29, 1.82) is 0 Å². The minimum atomic E-state index is 0.263. The molecule has 3 aromatic rings. The summed E-state index contributed by atoms with van der Waals surface area (Å²) in [6.07, 6.45) is 0. The second-order valence-electron chi connectivity index (χ2n) is 4.16. The minimum absolute atomic E-state index is 0.263. The molecule has 0 saturated heterocycles. The Bertz CT molecular complexity index is 789. The molecule has 2 aromatic carbocycles. The summed E-state index contributed by atoms with van der Waals surface area (Å²) >= 11 is 19.4. The molecule has 0 amide bonds. The maximum Gasteiger partial charge on any atom is 0.149 e. The van der Waals surface area contributed by atoms with E-state index in [1.165, 1.54) is 22.5 Å². The van der Waals surface area contributed by atoms with E-state index < -0.39 is 0 Å². The first-order valence-corrected chi connectivity index (χ1v) is 7.77. The molecule has 20 heavy (non-hydrogen) atoms. The molecule has 1 nitrogen and oxygen atoms in total. The lowest BCUT2D eigenvalue weighted by Gasteiger charge is -2.06. The van der Waals surface area contributed by atoms with Crippen LogP contribution in [0.4, 0.5) is 0 Å². The first-order valence-electron chi connectivity index (χ1n) is 5.82. The van der Waals surface area contributed by atoms with Crippen molar-refractivity contribution < 1.29 is 0 Å². The van der Waals surface area contributed by atoms with Gasteiger partial charge in [-0.2, -0.15) is 0 Å². The van der Waals surface area contributed by atoms with E-state index in [4.69, 9.17) is 34.8 Å². The van der Waals surface area contributed by atoms with Crippen molar-refractivity contribution in [1.82, 2.24) is 4.98 Å². The van der Waals surface area contributed by atoms with Crippen LogP contribution in [0.15, 0.2) is 58.5 Å². The number of benzene rings is 2. The minimum Gasteiger partial charge on any atom is -0.226 e. The fourth-order valence-electron chi connectivity index (χ4n) is 1.84. The van der Waals surface area contributed by atoms with Gasteiger partial charge in [0.05, 0.1) is 10.0 Å². The number of fused-ring (bicyclic) bond motifs is 1. The zero-order chi connectivity index (χ0) is 14.1. The van der Waals surface area contributed by atoms with E-state index in [-0.39, 0.29) is 5.15 Å². The van der Waals surface area contributed by atoms with Gasteiger partial charge in [-0.3, -0.25) is 0 Å². The van der Waals surface area contributed by atoms with Crippen molar-refractivity contribution in [3.63, 3.8) is 0 Å². The van der Waals surface area contributed by atoms with Gasteiger partial charge >= 0.3 is 0 Å².